The van der Waals surface area contributed by atoms with Crippen LogP contribution in [-0.2, 0) is 9.53 Å². The summed E-state index contributed by atoms with van der Waals surface area (Å²) in [6.45, 7) is 3.26. The van der Waals surface area contributed by atoms with Crippen molar-refractivity contribution in [3.8, 4) is 5.75 Å². The molecular weight excluding hydrogens is 296 g/mol. The smallest absolute Gasteiger partial charge is 0.313 e. The first-order chi connectivity index (χ1) is 8.72. The standard InChI is InChI=1S/C14H17BrO3/c1-10-9-18-14(16)13(10)11-3-5-12(6-4-11)17-8-2-7-15/h3-6,10,13H,2,7-9H2,1H3. The summed E-state index contributed by atoms with van der Waals surface area (Å²) in [5, 5.41) is 0.941. The van der Waals surface area contributed by atoms with E-state index < -0.39 is 0 Å². The second-order valence-corrected chi connectivity index (χ2v) is 5.34. The maximum absolute atomic E-state index is 11.6. The normalized spacial score (nSPS) is 22.9. The molecule has 1 aliphatic rings. The first-order valence-corrected chi connectivity index (χ1v) is 7.30. The van der Waals surface area contributed by atoms with Crippen LogP contribution < -0.4 is 4.74 Å². The summed E-state index contributed by atoms with van der Waals surface area (Å²) in [7, 11) is 0. The molecule has 2 rings (SSSR count). The Bertz CT molecular complexity index is 402. The number of hydrogen-bond donors (Lipinski definition) is 0. The fourth-order valence-corrected chi connectivity index (χ4v) is 2.34. The van der Waals surface area contributed by atoms with Crippen LogP contribution in [0.3, 0.4) is 0 Å². The average molecular weight is 313 g/mol. The van der Waals surface area contributed by atoms with Gasteiger partial charge < -0.3 is 9.47 Å². The van der Waals surface area contributed by atoms with Gasteiger partial charge in [0, 0.05) is 11.2 Å². The maximum atomic E-state index is 11.6. The SMILES string of the molecule is CC1COC(=O)C1c1ccc(OCCCBr)cc1. The third-order valence-electron chi connectivity index (χ3n) is 3.10. The van der Waals surface area contributed by atoms with Crippen molar-refractivity contribution in [3.63, 3.8) is 0 Å². The molecule has 0 aliphatic carbocycles. The molecule has 0 spiro atoms. The largest absolute Gasteiger partial charge is 0.494 e. The van der Waals surface area contributed by atoms with Gasteiger partial charge in [0.2, 0.25) is 0 Å². The Balaban J connectivity index is 2.01. The lowest BCUT2D eigenvalue weighted by Gasteiger charge is -2.12. The molecule has 18 heavy (non-hydrogen) atoms. The van der Waals surface area contributed by atoms with E-state index in [-0.39, 0.29) is 17.8 Å². The summed E-state index contributed by atoms with van der Waals surface area (Å²) in [6, 6.07) is 7.75. The van der Waals surface area contributed by atoms with Crippen LogP contribution in [0.15, 0.2) is 24.3 Å². The number of hydrogen-bond acceptors (Lipinski definition) is 3. The number of benzene rings is 1. The number of ether oxygens (including phenoxy) is 2. The number of carbonyl (C=O) groups excluding carboxylic acids is 1. The van der Waals surface area contributed by atoms with E-state index in [9.17, 15) is 4.79 Å². The van der Waals surface area contributed by atoms with Crippen LogP contribution in [0.5, 0.6) is 5.75 Å². The molecule has 2 unspecified atom stereocenters. The van der Waals surface area contributed by atoms with Crippen molar-refractivity contribution in [3.05, 3.63) is 29.8 Å². The minimum Gasteiger partial charge on any atom is -0.494 e. The minimum absolute atomic E-state index is 0.115. The third-order valence-corrected chi connectivity index (χ3v) is 3.66. The summed E-state index contributed by atoms with van der Waals surface area (Å²) >= 11 is 3.36. The molecule has 1 aromatic rings. The molecule has 0 N–H and O–H groups in total. The van der Waals surface area contributed by atoms with E-state index in [0.29, 0.717) is 13.2 Å². The van der Waals surface area contributed by atoms with Gasteiger partial charge in [-0.3, -0.25) is 4.79 Å². The van der Waals surface area contributed by atoms with Gasteiger partial charge in [-0.2, -0.15) is 0 Å². The number of cyclic esters (lactones) is 1. The lowest BCUT2D eigenvalue weighted by molar-refractivity contribution is -0.139. The zero-order valence-electron chi connectivity index (χ0n) is 10.4. The van der Waals surface area contributed by atoms with Gasteiger partial charge in [0.15, 0.2) is 0 Å². The lowest BCUT2D eigenvalue weighted by atomic mass is 9.90. The van der Waals surface area contributed by atoms with Crippen molar-refractivity contribution in [2.45, 2.75) is 19.3 Å². The highest BCUT2D eigenvalue weighted by molar-refractivity contribution is 9.09. The van der Waals surface area contributed by atoms with Crippen LogP contribution in [-0.4, -0.2) is 24.5 Å². The van der Waals surface area contributed by atoms with Crippen LogP contribution in [0.1, 0.15) is 24.8 Å². The van der Waals surface area contributed by atoms with Crippen LogP contribution in [0, 0.1) is 5.92 Å². The number of esters is 1. The van der Waals surface area contributed by atoms with Crippen molar-refractivity contribution in [2.24, 2.45) is 5.92 Å². The molecule has 1 heterocycles. The molecule has 0 saturated carbocycles. The summed E-state index contributed by atoms with van der Waals surface area (Å²) in [5.41, 5.74) is 1.01. The zero-order chi connectivity index (χ0) is 13.0. The van der Waals surface area contributed by atoms with E-state index in [0.717, 1.165) is 23.1 Å². The molecule has 1 aromatic carbocycles. The van der Waals surface area contributed by atoms with Crippen molar-refractivity contribution in [1.29, 1.82) is 0 Å². The highest BCUT2D eigenvalue weighted by Crippen LogP contribution is 2.32. The lowest BCUT2D eigenvalue weighted by Crippen LogP contribution is -2.11. The molecule has 1 aliphatic heterocycles. The van der Waals surface area contributed by atoms with E-state index >= 15 is 0 Å². The van der Waals surface area contributed by atoms with Gasteiger partial charge in [0.25, 0.3) is 0 Å². The number of rotatable bonds is 5. The zero-order valence-corrected chi connectivity index (χ0v) is 12.0. The molecule has 2 atom stereocenters. The Morgan fingerprint density at radius 1 is 1.39 bits per heavy atom. The van der Waals surface area contributed by atoms with Gasteiger partial charge >= 0.3 is 5.97 Å². The Morgan fingerprint density at radius 2 is 2.11 bits per heavy atom. The molecule has 1 fully saturated rings. The fourth-order valence-electron chi connectivity index (χ4n) is 2.11. The fraction of sp³-hybridized carbons (Fsp3) is 0.500. The number of halogens is 1. The summed E-state index contributed by atoms with van der Waals surface area (Å²) in [6.07, 6.45) is 0.980. The summed E-state index contributed by atoms with van der Waals surface area (Å²) in [4.78, 5) is 11.6. The Labute approximate surface area is 116 Å². The molecular formula is C14H17BrO3. The minimum atomic E-state index is -0.124. The second kappa shape index (κ2) is 6.23. The first-order valence-electron chi connectivity index (χ1n) is 6.17. The van der Waals surface area contributed by atoms with Crippen molar-refractivity contribution in [2.75, 3.05) is 18.5 Å². The van der Waals surface area contributed by atoms with E-state index in [1.165, 1.54) is 0 Å². The molecule has 0 amide bonds. The molecule has 98 valence electrons. The Hall–Kier alpha value is -1.03. The Kier molecular flexibility index (Phi) is 4.64. The van der Waals surface area contributed by atoms with Crippen molar-refractivity contribution < 1.29 is 14.3 Å². The monoisotopic (exact) mass is 312 g/mol. The summed E-state index contributed by atoms with van der Waals surface area (Å²) < 4.78 is 10.6. The first kappa shape index (κ1) is 13.4. The van der Waals surface area contributed by atoms with Gasteiger partial charge in [-0.25, -0.2) is 0 Å². The van der Waals surface area contributed by atoms with Gasteiger partial charge in [0.05, 0.1) is 19.1 Å². The summed E-state index contributed by atoms with van der Waals surface area (Å²) in [5.74, 6) is 0.855. The Morgan fingerprint density at radius 3 is 2.67 bits per heavy atom. The van der Waals surface area contributed by atoms with E-state index in [1.807, 2.05) is 31.2 Å². The average Bonchev–Trinajstić information content (AvgIpc) is 2.71. The van der Waals surface area contributed by atoms with Crippen LogP contribution in [0.2, 0.25) is 0 Å². The topological polar surface area (TPSA) is 35.5 Å². The number of carbonyl (C=O) groups is 1. The van der Waals surface area contributed by atoms with Gasteiger partial charge in [0.1, 0.15) is 5.75 Å². The van der Waals surface area contributed by atoms with Crippen molar-refractivity contribution >= 4 is 21.9 Å². The quantitative estimate of drug-likeness (QED) is 0.476. The van der Waals surface area contributed by atoms with E-state index in [2.05, 4.69) is 15.9 Å². The molecule has 3 nitrogen and oxygen atoms in total. The molecule has 4 heteroatoms. The van der Waals surface area contributed by atoms with Crippen LogP contribution in [0.4, 0.5) is 0 Å². The molecule has 1 saturated heterocycles. The second-order valence-electron chi connectivity index (χ2n) is 4.55. The van der Waals surface area contributed by atoms with Crippen LogP contribution >= 0.6 is 15.9 Å². The molecule has 0 bridgehead atoms. The highest BCUT2D eigenvalue weighted by Gasteiger charge is 2.34. The van der Waals surface area contributed by atoms with E-state index in [4.69, 9.17) is 9.47 Å². The highest BCUT2D eigenvalue weighted by atomic mass is 79.9. The third kappa shape index (κ3) is 3.05. The van der Waals surface area contributed by atoms with Crippen LogP contribution in [0.25, 0.3) is 0 Å². The van der Waals surface area contributed by atoms with Gasteiger partial charge in [-0.05, 0) is 24.1 Å². The maximum Gasteiger partial charge on any atom is 0.313 e. The van der Waals surface area contributed by atoms with Gasteiger partial charge in [-0.15, -0.1) is 0 Å². The number of alkyl halides is 1. The molecule has 0 radical (unpaired) electrons. The predicted octanol–water partition coefficient (Wildman–Crippen LogP) is 3.13. The molecule has 0 aromatic heterocycles. The van der Waals surface area contributed by atoms with E-state index in [1.54, 1.807) is 0 Å². The predicted molar refractivity (Wildman–Crippen MR) is 73.2 cm³/mol. The van der Waals surface area contributed by atoms with Crippen molar-refractivity contribution in [1.82, 2.24) is 0 Å². The van der Waals surface area contributed by atoms with Gasteiger partial charge in [-0.1, -0.05) is 35.0 Å².